The van der Waals surface area contributed by atoms with Crippen molar-refractivity contribution in [2.75, 3.05) is 18.5 Å². The minimum Gasteiger partial charge on any atom is -0.395 e. The van der Waals surface area contributed by atoms with E-state index < -0.39 is 0 Å². The van der Waals surface area contributed by atoms with Gasteiger partial charge in [0.25, 0.3) is 0 Å². The number of hydrogen-bond acceptors (Lipinski definition) is 3. The summed E-state index contributed by atoms with van der Waals surface area (Å²) in [6.45, 7) is 0.719. The lowest BCUT2D eigenvalue weighted by atomic mass is 10.2. The van der Waals surface area contributed by atoms with E-state index in [1.807, 2.05) is 30.3 Å². The largest absolute Gasteiger partial charge is 0.395 e. The van der Waals surface area contributed by atoms with Gasteiger partial charge in [-0.15, -0.1) is 0 Å². The average molecular weight is 188 g/mol. The van der Waals surface area contributed by atoms with Crippen molar-refractivity contribution in [3.05, 3.63) is 36.5 Å². The maximum absolute atomic E-state index is 8.67. The predicted octanol–water partition coefficient (Wildman–Crippen LogP) is 1.64. The molecule has 0 bridgehead atoms. The minimum absolute atomic E-state index is 0.144. The molecule has 2 N–H and O–H groups in total. The third kappa shape index (κ3) is 1.83. The van der Waals surface area contributed by atoms with E-state index >= 15 is 0 Å². The van der Waals surface area contributed by atoms with Crippen LogP contribution in [-0.4, -0.2) is 23.2 Å². The van der Waals surface area contributed by atoms with Gasteiger partial charge in [0.2, 0.25) is 0 Å². The summed E-state index contributed by atoms with van der Waals surface area (Å²) in [4.78, 5) is 4.23. The Bertz CT molecular complexity index is 428. The van der Waals surface area contributed by atoms with Gasteiger partial charge in [-0.1, -0.05) is 6.07 Å². The first-order valence-electron chi connectivity index (χ1n) is 4.59. The molecule has 0 spiro atoms. The highest BCUT2D eigenvalue weighted by molar-refractivity contribution is 5.82. The standard InChI is InChI=1S/C11H12N2O/c14-7-6-12-10-3-4-11-9(8-10)2-1-5-13-11/h1-5,8,12,14H,6-7H2. The van der Waals surface area contributed by atoms with Crippen molar-refractivity contribution in [3.63, 3.8) is 0 Å². The van der Waals surface area contributed by atoms with E-state index in [1.165, 1.54) is 0 Å². The molecule has 0 fully saturated rings. The van der Waals surface area contributed by atoms with E-state index in [2.05, 4.69) is 10.3 Å². The summed E-state index contributed by atoms with van der Waals surface area (Å²) in [5.41, 5.74) is 2.00. The topological polar surface area (TPSA) is 45.1 Å². The summed E-state index contributed by atoms with van der Waals surface area (Å²) >= 11 is 0. The molecule has 0 aliphatic heterocycles. The molecular formula is C11H12N2O. The lowest BCUT2D eigenvalue weighted by Gasteiger charge is -2.04. The van der Waals surface area contributed by atoms with Crippen LogP contribution >= 0.6 is 0 Å². The first-order valence-corrected chi connectivity index (χ1v) is 4.59. The second-order valence-electron chi connectivity index (χ2n) is 3.06. The molecular weight excluding hydrogens is 176 g/mol. The zero-order chi connectivity index (χ0) is 9.80. The Labute approximate surface area is 82.4 Å². The third-order valence-corrected chi connectivity index (χ3v) is 2.04. The summed E-state index contributed by atoms with van der Waals surface area (Å²) < 4.78 is 0. The number of anilines is 1. The first kappa shape index (κ1) is 8.97. The second kappa shape index (κ2) is 4.07. The van der Waals surface area contributed by atoms with Crippen molar-refractivity contribution in [1.29, 1.82) is 0 Å². The highest BCUT2D eigenvalue weighted by atomic mass is 16.3. The van der Waals surface area contributed by atoms with Crippen LogP contribution in [0.1, 0.15) is 0 Å². The quantitative estimate of drug-likeness (QED) is 0.769. The molecule has 0 atom stereocenters. The van der Waals surface area contributed by atoms with Gasteiger partial charge in [-0.3, -0.25) is 4.98 Å². The van der Waals surface area contributed by atoms with Crippen LogP contribution < -0.4 is 5.32 Å². The number of nitrogens with one attached hydrogen (secondary N) is 1. The maximum atomic E-state index is 8.67. The molecule has 0 saturated carbocycles. The van der Waals surface area contributed by atoms with E-state index in [0.717, 1.165) is 16.6 Å². The van der Waals surface area contributed by atoms with Crippen molar-refractivity contribution in [1.82, 2.24) is 4.98 Å². The van der Waals surface area contributed by atoms with E-state index in [1.54, 1.807) is 6.20 Å². The number of nitrogens with zero attached hydrogens (tertiary/aromatic N) is 1. The van der Waals surface area contributed by atoms with Gasteiger partial charge in [-0.25, -0.2) is 0 Å². The molecule has 1 aromatic heterocycles. The fraction of sp³-hybridized carbons (Fsp3) is 0.182. The summed E-state index contributed by atoms with van der Waals surface area (Å²) in [6, 6.07) is 9.89. The number of benzene rings is 1. The number of fused-ring (bicyclic) bond motifs is 1. The zero-order valence-electron chi connectivity index (χ0n) is 7.77. The van der Waals surface area contributed by atoms with Crippen molar-refractivity contribution >= 4 is 16.6 Å². The van der Waals surface area contributed by atoms with Crippen LogP contribution in [0.25, 0.3) is 10.9 Å². The van der Waals surface area contributed by atoms with Gasteiger partial charge in [0.15, 0.2) is 0 Å². The molecule has 1 heterocycles. The van der Waals surface area contributed by atoms with Gasteiger partial charge < -0.3 is 10.4 Å². The zero-order valence-corrected chi connectivity index (χ0v) is 7.77. The Balaban J connectivity index is 2.32. The van der Waals surface area contributed by atoms with Gasteiger partial charge in [0.05, 0.1) is 12.1 Å². The van der Waals surface area contributed by atoms with Crippen LogP contribution in [0.5, 0.6) is 0 Å². The molecule has 3 heteroatoms. The number of aliphatic hydroxyl groups is 1. The summed E-state index contributed by atoms with van der Waals surface area (Å²) in [6.07, 6.45) is 1.78. The van der Waals surface area contributed by atoms with Crippen molar-refractivity contribution in [2.24, 2.45) is 0 Å². The molecule has 72 valence electrons. The molecule has 0 radical (unpaired) electrons. The van der Waals surface area contributed by atoms with Crippen LogP contribution in [0, 0.1) is 0 Å². The Hall–Kier alpha value is -1.61. The van der Waals surface area contributed by atoms with Crippen LogP contribution in [0.4, 0.5) is 5.69 Å². The van der Waals surface area contributed by atoms with E-state index in [9.17, 15) is 0 Å². The highest BCUT2D eigenvalue weighted by Gasteiger charge is 1.95. The predicted molar refractivity (Wildman–Crippen MR) is 57.3 cm³/mol. The number of hydrogen-bond donors (Lipinski definition) is 2. The number of pyridine rings is 1. The Morgan fingerprint density at radius 2 is 2.21 bits per heavy atom. The molecule has 3 nitrogen and oxygen atoms in total. The molecule has 14 heavy (non-hydrogen) atoms. The molecule has 0 aliphatic carbocycles. The number of aromatic nitrogens is 1. The molecule has 2 aromatic rings. The maximum Gasteiger partial charge on any atom is 0.0703 e. The summed E-state index contributed by atoms with van der Waals surface area (Å²) in [5, 5.41) is 12.9. The lowest BCUT2D eigenvalue weighted by Crippen LogP contribution is -2.04. The average Bonchev–Trinajstić information content (AvgIpc) is 2.26. The fourth-order valence-corrected chi connectivity index (χ4v) is 1.39. The van der Waals surface area contributed by atoms with Crippen LogP contribution in [-0.2, 0) is 0 Å². The fourth-order valence-electron chi connectivity index (χ4n) is 1.39. The second-order valence-corrected chi connectivity index (χ2v) is 3.06. The van der Waals surface area contributed by atoms with Gasteiger partial charge >= 0.3 is 0 Å². The Morgan fingerprint density at radius 3 is 3.07 bits per heavy atom. The van der Waals surface area contributed by atoms with E-state index in [0.29, 0.717) is 6.54 Å². The van der Waals surface area contributed by atoms with Gasteiger partial charge in [0.1, 0.15) is 0 Å². The van der Waals surface area contributed by atoms with Gasteiger partial charge in [-0.2, -0.15) is 0 Å². The SMILES string of the molecule is OCCNc1ccc2ncccc2c1. The first-order chi connectivity index (χ1) is 6.90. The molecule has 2 rings (SSSR count). The van der Waals surface area contributed by atoms with Crippen LogP contribution in [0.3, 0.4) is 0 Å². The van der Waals surface area contributed by atoms with Crippen LogP contribution in [0.15, 0.2) is 36.5 Å². The number of aliphatic hydroxyl groups excluding tert-OH is 1. The number of rotatable bonds is 3. The lowest BCUT2D eigenvalue weighted by molar-refractivity contribution is 0.311. The summed E-state index contributed by atoms with van der Waals surface area (Å²) in [7, 11) is 0. The van der Waals surface area contributed by atoms with Crippen molar-refractivity contribution < 1.29 is 5.11 Å². The highest BCUT2D eigenvalue weighted by Crippen LogP contribution is 2.16. The molecule has 0 aliphatic rings. The smallest absolute Gasteiger partial charge is 0.0703 e. The molecule has 0 saturated heterocycles. The van der Waals surface area contributed by atoms with Gasteiger partial charge in [-0.05, 0) is 24.3 Å². The van der Waals surface area contributed by atoms with Gasteiger partial charge in [0, 0.05) is 23.8 Å². The Kier molecular flexibility index (Phi) is 2.60. The third-order valence-electron chi connectivity index (χ3n) is 2.04. The molecule has 1 aromatic carbocycles. The molecule has 0 amide bonds. The summed E-state index contributed by atoms with van der Waals surface area (Å²) in [5.74, 6) is 0. The monoisotopic (exact) mass is 188 g/mol. The van der Waals surface area contributed by atoms with E-state index in [4.69, 9.17) is 5.11 Å². The minimum atomic E-state index is 0.144. The van der Waals surface area contributed by atoms with Crippen molar-refractivity contribution in [3.8, 4) is 0 Å². The van der Waals surface area contributed by atoms with Crippen molar-refractivity contribution in [2.45, 2.75) is 0 Å². The normalized spacial score (nSPS) is 10.4. The van der Waals surface area contributed by atoms with Crippen LogP contribution in [0.2, 0.25) is 0 Å². The molecule has 0 unspecified atom stereocenters. The van der Waals surface area contributed by atoms with E-state index in [-0.39, 0.29) is 6.61 Å². The Morgan fingerprint density at radius 1 is 1.29 bits per heavy atom.